The number of carbonyl (C=O) groups is 1. The van der Waals surface area contributed by atoms with Gasteiger partial charge in [-0.25, -0.2) is 0 Å². The molecule has 1 amide bonds. The molecule has 1 heterocycles. The zero-order valence-electron chi connectivity index (χ0n) is 11.3. The second-order valence-electron chi connectivity index (χ2n) is 4.73. The highest BCUT2D eigenvalue weighted by molar-refractivity contribution is 14.1. The van der Waals surface area contributed by atoms with E-state index in [2.05, 4.69) is 28.7 Å². The minimum absolute atomic E-state index is 0.0281. The van der Waals surface area contributed by atoms with E-state index in [0.29, 0.717) is 17.1 Å². The van der Waals surface area contributed by atoms with Crippen molar-refractivity contribution in [2.45, 2.75) is 26.4 Å². The van der Waals surface area contributed by atoms with Gasteiger partial charge in [-0.1, -0.05) is 17.7 Å². The van der Waals surface area contributed by atoms with Crippen molar-refractivity contribution in [1.82, 2.24) is 4.90 Å². The van der Waals surface area contributed by atoms with Crippen LogP contribution < -0.4 is 0 Å². The van der Waals surface area contributed by atoms with Crippen molar-refractivity contribution in [1.29, 1.82) is 0 Å². The minimum Gasteiger partial charge on any atom is -0.331 e. The molecule has 0 aliphatic rings. The average molecular weight is 420 g/mol. The Morgan fingerprint density at radius 1 is 1.40 bits per heavy atom. The first kappa shape index (κ1) is 15.8. The van der Waals surface area contributed by atoms with Gasteiger partial charge in [-0.15, -0.1) is 11.3 Å². The van der Waals surface area contributed by atoms with Crippen molar-refractivity contribution in [2.24, 2.45) is 0 Å². The highest BCUT2D eigenvalue weighted by Crippen LogP contribution is 2.22. The molecular formula is C15H15ClINOS. The molecule has 0 N–H and O–H groups in total. The summed E-state index contributed by atoms with van der Waals surface area (Å²) in [6, 6.07) is 9.62. The Labute approximate surface area is 141 Å². The molecule has 0 fully saturated rings. The Bertz CT molecular complexity index is 598. The van der Waals surface area contributed by atoms with Gasteiger partial charge >= 0.3 is 0 Å². The summed E-state index contributed by atoms with van der Waals surface area (Å²) in [5, 5.41) is 2.62. The third kappa shape index (κ3) is 3.74. The topological polar surface area (TPSA) is 20.3 Å². The zero-order valence-corrected chi connectivity index (χ0v) is 15.0. The van der Waals surface area contributed by atoms with Crippen LogP contribution in [0.5, 0.6) is 0 Å². The molecule has 0 saturated carbocycles. The predicted molar refractivity (Wildman–Crippen MR) is 93.5 cm³/mol. The number of hydrogen-bond donors (Lipinski definition) is 0. The molecule has 5 heteroatoms. The molecule has 0 radical (unpaired) electrons. The zero-order chi connectivity index (χ0) is 14.7. The van der Waals surface area contributed by atoms with Crippen LogP contribution in [0.3, 0.4) is 0 Å². The Morgan fingerprint density at radius 2 is 2.15 bits per heavy atom. The van der Waals surface area contributed by atoms with E-state index >= 15 is 0 Å². The molecular weight excluding hydrogens is 405 g/mol. The van der Waals surface area contributed by atoms with Crippen LogP contribution in [0.1, 0.15) is 29.1 Å². The summed E-state index contributed by atoms with van der Waals surface area (Å²) in [4.78, 5) is 15.8. The maximum absolute atomic E-state index is 12.8. The number of carbonyl (C=O) groups excluding carboxylic acids is 1. The van der Waals surface area contributed by atoms with E-state index in [9.17, 15) is 4.79 Å². The first-order valence-electron chi connectivity index (χ1n) is 6.27. The SMILES string of the molecule is CC(C)N(Cc1cccs1)C(=O)c1cc(Cl)ccc1I. The Balaban J connectivity index is 2.29. The summed E-state index contributed by atoms with van der Waals surface area (Å²) in [5.41, 5.74) is 0.670. The van der Waals surface area contributed by atoms with Gasteiger partial charge in [0.05, 0.1) is 12.1 Å². The van der Waals surface area contributed by atoms with Crippen molar-refractivity contribution in [3.05, 3.63) is 54.7 Å². The fourth-order valence-corrected chi connectivity index (χ4v) is 3.32. The second kappa shape index (κ2) is 6.91. The van der Waals surface area contributed by atoms with Gasteiger partial charge in [0.15, 0.2) is 0 Å². The smallest absolute Gasteiger partial charge is 0.255 e. The van der Waals surface area contributed by atoms with Gasteiger partial charge in [0.2, 0.25) is 0 Å². The Hall–Kier alpha value is -0.590. The van der Waals surface area contributed by atoms with E-state index in [4.69, 9.17) is 11.6 Å². The van der Waals surface area contributed by atoms with Crippen molar-refractivity contribution >= 4 is 51.4 Å². The van der Waals surface area contributed by atoms with E-state index in [-0.39, 0.29) is 11.9 Å². The lowest BCUT2D eigenvalue weighted by atomic mass is 10.1. The van der Waals surface area contributed by atoms with Gasteiger partial charge in [0.1, 0.15) is 0 Å². The molecule has 0 aliphatic heterocycles. The first-order valence-corrected chi connectivity index (χ1v) is 8.61. The van der Waals surface area contributed by atoms with Gasteiger partial charge in [-0.05, 0) is 66.1 Å². The molecule has 0 atom stereocenters. The largest absolute Gasteiger partial charge is 0.331 e. The highest BCUT2D eigenvalue weighted by Gasteiger charge is 2.21. The van der Waals surface area contributed by atoms with E-state index in [1.165, 1.54) is 4.88 Å². The third-order valence-corrected chi connectivity index (χ3v) is 4.99. The molecule has 2 aromatic rings. The van der Waals surface area contributed by atoms with E-state index in [1.807, 2.05) is 36.3 Å². The van der Waals surface area contributed by atoms with Crippen molar-refractivity contribution < 1.29 is 4.79 Å². The molecule has 0 saturated heterocycles. The lowest BCUT2D eigenvalue weighted by Gasteiger charge is -2.27. The van der Waals surface area contributed by atoms with Crippen LogP contribution in [-0.2, 0) is 6.54 Å². The lowest BCUT2D eigenvalue weighted by molar-refractivity contribution is 0.0691. The fraction of sp³-hybridized carbons (Fsp3) is 0.267. The van der Waals surface area contributed by atoms with Gasteiger partial charge in [-0.3, -0.25) is 4.79 Å². The Kier molecular flexibility index (Phi) is 5.46. The number of halogens is 2. The molecule has 2 nitrogen and oxygen atoms in total. The van der Waals surface area contributed by atoms with Crippen LogP contribution >= 0.6 is 45.5 Å². The summed E-state index contributed by atoms with van der Waals surface area (Å²) in [6.45, 7) is 4.70. The molecule has 0 unspecified atom stereocenters. The van der Waals surface area contributed by atoms with Gasteiger partial charge in [-0.2, -0.15) is 0 Å². The summed E-state index contributed by atoms with van der Waals surface area (Å²) < 4.78 is 0.925. The number of benzene rings is 1. The highest BCUT2D eigenvalue weighted by atomic mass is 127. The van der Waals surface area contributed by atoms with Crippen molar-refractivity contribution in [3.63, 3.8) is 0 Å². The van der Waals surface area contributed by atoms with Gasteiger partial charge < -0.3 is 4.90 Å². The number of amides is 1. The van der Waals surface area contributed by atoms with Gasteiger partial charge in [0, 0.05) is 19.5 Å². The normalized spacial score (nSPS) is 10.8. The summed E-state index contributed by atoms with van der Waals surface area (Å²) in [7, 11) is 0. The molecule has 1 aromatic heterocycles. The average Bonchev–Trinajstić information content (AvgIpc) is 2.90. The van der Waals surface area contributed by atoms with Crippen LogP contribution in [0.2, 0.25) is 5.02 Å². The number of nitrogens with zero attached hydrogens (tertiary/aromatic N) is 1. The van der Waals surface area contributed by atoms with E-state index in [1.54, 1.807) is 23.5 Å². The van der Waals surface area contributed by atoms with Crippen LogP contribution in [0, 0.1) is 3.57 Å². The monoisotopic (exact) mass is 419 g/mol. The van der Waals surface area contributed by atoms with Crippen LogP contribution in [0.15, 0.2) is 35.7 Å². The molecule has 2 rings (SSSR count). The molecule has 0 spiro atoms. The number of rotatable bonds is 4. The van der Waals surface area contributed by atoms with Crippen LogP contribution in [-0.4, -0.2) is 16.8 Å². The third-order valence-electron chi connectivity index (χ3n) is 2.95. The van der Waals surface area contributed by atoms with E-state index in [0.717, 1.165) is 3.57 Å². The van der Waals surface area contributed by atoms with Crippen molar-refractivity contribution in [2.75, 3.05) is 0 Å². The molecule has 0 bridgehead atoms. The van der Waals surface area contributed by atoms with Crippen LogP contribution in [0.25, 0.3) is 0 Å². The van der Waals surface area contributed by atoms with Crippen molar-refractivity contribution in [3.8, 4) is 0 Å². The predicted octanol–water partition coefficient (Wildman–Crippen LogP) is 5.06. The second-order valence-corrected chi connectivity index (χ2v) is 7.36. The molecule has 20 heavy (non-hydrogen) atoms. The maximum Gasteiger partial charge on any atom is 0.255 e. The van der Waals surface area contributed by atoms with Crippen LogP contribution in [0.4, 0.5) is 0 Å². The van der Waals surface area contributed by atoms with Gasteiger partial charge in [0.25, 0.3) is 5.91 Å². The summed E-state index contributed by atoms with van der Waals surface area (Å²) in [6.07, 6.45) is 0. The van der Waals surface area contributed by atoms with E-state index < -0.39 is 0 Å². The number of hydrogen-bond acceptors (Lipinski definition) is 2. The molecule has 0 aliphatic carbocycles. The summed E-state index contributed by atoms with van der Waals surface area (Å²) in [5.74, 6) is 0.0281. The minimum atomic E-state index is 0.0281. The Morgan fingerprint density at radius 3 is 2.75 bits per heavy atom. The number of thiophene rings is 1. The molecule has 106 valence electrons. The quantitative estimate of drug-likeness (QED) is 0.635. The fourth-order valence-electron chi connectivity index (χ4n) is 1.88. The standard InChI is InChI=1S/C15H15ClINOS/c1-10(2)18(9-12-4-3-7-20-12)15(19)13-8-11(16)5-6-14(13)17/h3-8,10H,9H2,1-2H3. The first-order chi connectivity index (χ1) is 9.49. The lowest BCUT2D eigenvalue weighted by Crippen LogP contribution is -2.36. The molecule has 1 aromatic carbocycles. The summed E-state index contributed by atoms with van der Waals surface area (Å²) >= 11 is 9.86. The maximum atomic E-state index is 12.8.